The summed E-state index contributed by atoms with van der Waals surface area (Å²) in [5.41, 5.74) is 4.71. The summed E-state index contributed by atoms with van der Waals surface area (Å²) in [5, 5.41) is 3.95. The molecule has 4 aromatic rings. The molecule has 0 aliphatic rings. The molecule has 0 unspecified atom stereocenters. The van der Waals surface area contributed by atoms with Crippen LogP contribution in [-0.2, 0) is 11.2 Å². The Morgan fingerprint density at radius 2 is 1.68 bits per heavy atom. The second-order valence-corrected chi connectivity index (χ2v) is 6.88. The Morgan fingerprint density at radius 3 is 2.43 bits per heavy atom. The number of fused-ring (bicyclic) bond motifs is 1. The van der Waals surface area contributed by atoms with Crippen molar-refractivity contribution in [2.75, 3.05) is 5.32 Å². The molecule has 4 rings (SSSR count). The molecule has 140 valence electrons. The van der Waals surface area contributed by atoms with Crippen molar-refractivity contribution in [2.45, 2.75) is 20.3 Å². The molecule has 0 fully saturated rings. The Kier molecular flexibility index (Phi) is 4.85. The number of carbonyl (C=O) groups excluding carboxylic acids is 1. The van der Waals surface area contributed by atoms with Gasteiger partial charge in [0.25, 0.3) is 0 Å². The molecule has 1 aromatic heterocycles. The lowest BCUT2D eigenvalue weighted by Gasteiger charge is -2.08. The van der Waals surface area contributed by atoms with Crippen LogP contribution in [0.5, 0.6) is 11.5 Å². The molecule has 4 nitrogen and oxygen atoms in total. The van der Waals surface area contributed by atoms with Gasteiger partial charge < -0.3 is 14.5 Å². The van der Waals surface area contributed by atoms with Crippen LogP contribution in [0.25, 0.3) is 11.0 Å². The molecule has 0 radical (unpaired) electrons. The van der Waals surface area contributed by atoms with Gasteiger partial charge in [-0.1, -0.05) is 24.3 Å². The summed E-state index contributed by atoms with van der Waals surface area (Å²) in [4.78, 5) is 12.5. The lowest BCUT2D eigenvalue weighted by atomic mass is 10.0. The Labute approximate surface area is 163 Å². The molecule has 0 atom stereocenters. The average molecular weight is 371 g/mol. The molecule has 0 aliphatic carbocycles. The zero-order valence-corrected chi connectivity index (χ0v) is 15.9. The maximum absolute atomic E-state index is 12.5. The molecule has 0 spiro atoms. The van der Waals surface area contributed by atoms with Gasteiger partial charge in [-0.05, 0) is 67.4 Å². The topological polar surface area (TPSA) is 51.5 Å². The highest BCUT2D eigenvalue weighted by Crippen LogP contribution is 2.27. The predicted molar refractivity (Wildman–Crippen MR) is 111 cm³/mol. The number of furan rings is 1. The van der Waals surface area contributed by atoms with Gasteiger partial charge in [0.15, 0.2) is 0 Å². The van der Waals surface area contributed by atoms with E-state index in [9.17, 15) is 4.79 Å². The number of hydrogen-bond donors (Lipinski definition) is 1. The highest BCUT2D eigenvalue weighted by Gasteiger charge is 2.13. The van der Waals surface area contributed by atoms with E-state index in [0.717, 1.165) is 44.8 Å². The van der Waals surface area contributed by atoms with E-state index in [-0.39, 0.29) is 12.3 Å². The van der Waals surface area contributed by atoms with Crippen LogP contribution >= 0.6 is 0 Å². The lowest BCUT2D eigenvalue weighted by molar-refractivity contribution is -0.115. The van der Waals surface area contributed by atoms with Crippen LogP contribution in [0.15, 0.2) is 77.4 Å². The maximum Gasteiger partial charge on any atom is 0.228 e. The van der Waals surface area contributed by atoms with Crippen LogP contribution < -0.4 is 10.1 Å². The minimum absolute atomic E-state index is 0.0839. The first-order valence-corrected chi connectivity index (χ1v) is 9.18. The number of aryl methyl sites for hydroxylation is 2. The van der Waals surface area contributed by atoms with E-state index >= 15 is 0 Å². The van der Waals surface area contributed by atoms with Gasteiger partial charge in [0.05, 0.1) is 12.7 Å². The van der Waals surface area contributed by atoms with E-state index in [1.807, 2.05) is 74.5 Å². The van der Waals surface area contributed by atoms with Crippen LogP contribution in [-0.4, -0.2) is 5.91 Å². The Hall–Kier alpha value is -3.53. The number of rotatable bonds is 5. The van der Waals surface area contributed by atoms with E-state index in [2.05, 4.69) is 11.4 Å². The lowest BCUT2D eigenvalue weighted by Crippen LogP contribution is -2.14. The van der Waals surface area contributed by atoms with Crippen molar-refractivity contribution in [1.82, 2.24) is 0 Å². The fourth-order valence-electron chi connectivity index (χ4n) is 3.37. The summed E-state index contributed by atoms with van der Waals surface area (Å²) in [6.07, 6.45) is 1.94. The van der Waals surface area contributed by atoms with Crippen molar-refractivity contribution in [2.24, 2.45) is 0 Å². The molecule has 0 saturated heterocycles. The summed E-state index contributed by atoms with van der Waals surface area (Å²) < 4.78 is 11.4. The quantitative estimate of drug-likeness (QED) is 0.466. The molecule has 0 saturated carbocycles. The van der Waals surface area contributed by atoms with E-state index in [4.69, 9.17) is 9.15 Å². The van der Waals surface area contributed by atoms with Gasteiger partial charge in [-0.15, -0.1) is 0 Å². The van der Waals surface area contributed by atoms with Gasteiger partial charge >= 0.3 is 0 Å². The van der Waals surface area contributed by atoms with Crippen LogP contribution in [0.1, 0.15) is 16.7 Å². The van der Waals surface area contributed by atoms with Crippen molar-refractivity contribution in [3.63, 3.8) is 0 Å². The molecular formula is C24H21NO3. The molecule has 3 aromatic carbocycles. The van der Waals surface area contributed by atoms with Crippen molar-refractivity contribution in [1.29, 1.82) is 0 Å². The van der Waals surface area contributed by atoms with Crippen LogP contribution in [0.3, 0.4) is 0 Å². The Bertz CT molecular complexity index is 1110. The van der Waals surface area contributed by atoms with Gasteiger partial charge in [0, 0.05) is 16.6 Å². The maximum atomic E-state index is 12.5. The third-order valence-corrected chi connectivity index (χ3v) is 4.56. The third-order valence-electron chi connectivity index (χ3n) is 4.56. The summed E-state index contributed by atoms with van der Waals surface area (Å²) in [7, 11) is 0. The van der Waals surface area contributed by atoms with E-state index in [1.165, 1.54) is 0 Å². The van der Waals surface area contributed by atoms with Gasteiger partial charge in [0.1, 0.15) is 17.1 Å². The van der Waals surface area contributed by atoms with Crippen molar-refractivity contribution in [3.8, 4) is 11.5 Å². The Balaban J connectivity index is 1.43. The number of ether oxygens (including phenoxy) is 1. The zero-order chi connectivity index (χ0) is 19.5. The number of benzene rings is 3. The van der Waals surface area contributed by atoms with Gasteiger partial charge in [-0.25, -0.2) is 0 Å². The Morgan fingerprint density at radius 1 is 0.964 bits per heavy atom. The van der Waals surface area contributed by atoms with E-state index in [0.29, 0.717) is 0 Å². The second-order valence-electron chi connectivity index (χ2n) is 6.88. The number of carbonyl (C=O) groups is 1. The summed E-state index contributed by atoms with van der Waals surface area (Å²) >= 11 is 0. The molecule has 0 aliphatic heterocycles. The van der Waals surface area contributed by atoms with Gasteiger partial charge in [-0.3, -0.25) is 4.79 Å². The first kappa shape index (κ1) is 17.9. The third kappa shape index (κ3) is 3.91. The minimum atomic E-state index is -0.0839. The molecule has 1 heterocycles. The average Bonchev–Trinajstić information content (AvgIpc) is 3.07. The molecule has 1 amide bonds. The molecule has 0 bridgehead atoms. The smallest absolute Gasteiger partial charge is 0.228 e. The standard InChI is InChI=1S/C24H21NO3/c1-16-12-17(2)24-18(15-27-22(24)13-16)14-23(26)25-19-8-10-21(11-9-19)28-20-6-4-3-5-7-20/h3-13,15H,14H2,1-2H3,(H,25,26). The van der Waals surface area contributed by atoms with Crippen LogP contribution in [0, 0.1) is 13.8 Å². The molecule has 4 heteroatoms. The van der Waals surface area contributed by atoms with Crippen molar-refractivity contribution >= 4 is 22.6 Å². The van der Waals surface area contributed by atoms with Gasteiger partial charge in [-0.2, -0.15) is 0 Å². The number of hydrogen-bond acceptors (Lipinski definition) is 3. The number of para-hydroxylation sites is 1. The molecular weight excluding hydrogens is 350 g/mol. The van der Waals surface area contributed by atoms with E-state index in [1.54, 1.807) is 6.26 Å². The molecule has 28 heavy (non-hydrogen) atoms. The summed E-state index contributed by atoms with van der Waals surface area (Å²) in [6.45, 7) is 4.07. The summed E-state index contributed by atoms with van der Waals surface area (Å²) in [5.74, 6) is 1.41. The first-order chi connectivity index (χ1) is 13.6. The zero-order valence-electron chi connectivity index (χ0n) is 15.9. The summed E-state index contributed by atoms with van der Waals surface area (Å²) in [6, 6.07) is 21.0. The highest BCUT2D eigenvalue weighted by molar-refractivity contribution is 5.96. The monoisotopic (exact) mass is 371 g/mol. The fourth-order valence-corrected chi connectivity index (χ4v) is 3.37. The van der Waals surface area contributed by atoms with Crippen molar-refractivity contribution in [3.05, 3.63) is 89.7 Å². The number of amides is 1. The first-order valence-electron chi connectivity index (χ1n) is 9.18. The highest BCUT2D eigenvalue weighted by atomic mass is 16.5. The second kappa shape index (κ2) is 7.61. The largest absolute Gasteiger partial charge is 0.464 e. The van der Waals surface area contributed by atoms with Crippen molar-refractivity contribution < 1.29 is 13.9 Å². The van der Waals surface area contributed by atoms with Crippen LogP contribution in [0.4, 0.5) is 5.69 Å². The number of anilines is 1. The SMILES string of the molecule is Cc1cc(C)c2c(CC(=O)Nc3ccc(Oc4ccccc4)cc3)coc2c1. The van der Waals surface area contributed by atoms with Gasteiger partial charge in [0.2, 0.25) is 5.91 Å². The number of nitrogens with one attached hydrogen (secondary N) is 1. The van der Waals surface area contributed by atoms with E-state index < -0.39 is 0 Å². The predicted octanol–water partition coefficient (Wildman–Crippen LogP) is 6.02. The minimum Gasteiger partial charge on any atom is -0.464 e. The normalized spacial score (nSPS) is 10.8. The van der Waals surface area contributed by atoms with Crippen LogP contribution in [0.2, 0.25) is 0 Å². The molecule has 1 N–H and O–H groups in total. The fraction of sp³-hybridized carbons (Fsp3) is 0.125.